The summed E-state index contributed by atoms with van der Waals surface area (Å²) in [6.45, 7) is 2.49. The molecule has 0 radical (unpaired) electrons. The third-order valence-corrected chi connectivity index (χ3v) is 6.71. The van der Waals surface area contributed by atoms with Crippen LogP contribution < -0.4 is 19.1 Å². The monoisotopic (exact) mass is 452 g/mol. The number of para-hydroxylation sites is 2. The number of anilines is 1. The SMILES string of the molecule is CC(NS(=O)(=O)c1ccc(OCC(=O)N2CCOc3ccccc32)cc1)c1ccccc1. The Morgan fingerprint density at radius 1 is 1.03 bits per heavy atom. The van der Waals surface area contributed by atoms with Crippen LogP contribution in [-0.2, 0) is 14.8 Å². The number of sulfonamides is 1. The van der Waals surface area contributed by atoms with Crippen molar-refractivity contribution in [1.29, 1.82) is 0 Å². The van der Waals surface area contributed by atoms with Gasteiger partial charge in [0, 0.05) is 6.04 Å². The first-order chi connectivity index (χ1) is 15.4. The van der Waals surface area contributed by atoms with Crippen molar-refractivity contribution in [2.24, 2.45) is 0 Å². The molecule has 3 aromatic carbocycles. The molecule has 0 saturated heterocycles. The van der Waals surface area contributed by atoms with Gasteiger partial charge in [0.25, 0.3) is 5.91 Å². The average molecular weight is 453 g/mol. The number of carbonyl (C=O) groups is 1. The van der Waals surface area contributed by atoms with Gasteiger partial charge in [-0.1, -0.05) is 42.5 Å². The zero-order chi connectivity index (χ0) is 22.6. The molecule has 1 heterocycles. The lowest BCUT2D eigenvalue weighted by Gasteiger charge is -2.29. The van der Waals surface area contributed by atoms with Crippen LogP contribution in [0.2, 0.25) is 0 Å². The molecule has 1 N–H and O–H groups in total. The summed E-state index contributed by atoms with van der Waals surface area (Å²) >= 11 is 0. The zero-order valence-corrected chi connectivity index (χ0v) is 18.4. The van der Waals surface area contributed by atoms with Crippen LogP contribution in [0.5, 0.6) is 11.5 Å². The molecule has 1 aliphatic heterocycles. The molecule has 0 spiro atoms. The van der Waals surface area contributed by atoms with Gasteiger partial charge in [0.15, 0.2) is 6.61 Å². The van der Waals surface area contributed by atoms with E-state index in [0.717, 1.165) is 5.56 Å². The minimum Gasteiger partial charge on any atom is -0.490 e. The number of carbonyl (C=O) groups excluding carboxylic acids is 1. The summed E-state index contributed by atoms with van der Waals surface area (Å²) in [5.74, 6) is 0.879. The van der Waals surface area contributed by atoms with E-state index in [2.05, 4.69) is 4.72 Å². The van der Waals surface area contributed by atoms with Gasteiger partial charge in [0.05, 0.1) is 17.1 Å². The Balaban J connectivity index is 1.37. The van der Waals surface area contributed by atoms with Gasteiger partial charge < -0.3 is 14.4 Å². The van der Waals surface area contributed by atoms with E-state index >= 15 is 0 Å². The van der Waals surface area contributed by atoms with Crippen molar-refractivity contribution in [3.63, 3.8) is 0 Å². The van der Waals surface area contributed by atoms with Crippen LogP contribution in [0.4, 0.5) is 5.69 Å². The highest BCUT2D eigenvalue weighted by molar-refractivity contribution is 7.89. The molecular weight excluding hydrogens is 428 g/mol. The maximum Gasteiger partial charge on any atom is 0.265 e. The molecule has 1 aliphatic rings. The quantitative estimate of drug-likeness (QED) is 0.593. The second-order valence-electron chi connectivity index (χ2n) is 7.38. The molecule has 0 bridgehead atoms. The summed E-state index contributed by atoms with van der Waals surface area (Å²) in [4.78, 5) is 14.4. The molecule has 1 atom stereocenters. The highest BCUT2D eigenvalue weighted by Crippen LogP contribution is 2.31. The van der Waals surface area contributed by atoms with Crippen LogP contribution in [0.25, 0.3) is 0 Å². The first-order valence-electron chi connectivity index (χ1n) is 10.3. The molecule has 1 amide bonds. The second kappa shape index (κ2) is 9.42. The molecule has 0 saturated carbocycles. The molecule has 0 aromatic heterocycles. The number of nitrogens with zero attached hydrogens (tertiary/aromatic N) is 1. The van der Waals surface area contributed by atoms with Crippen molar-refractivity contribution in [1.82, 2.24) is 4.72 Å². The van der Waals surface area contributed by atoms with E-state index < -0.39 is 10.0 Å². The standard InChI is InChI=1S/C24H24N2O5S/c1-18(19-7-3-2-4-8-19)25-32(28,29)21-13-11-20(12-14-21)31-17-24(27)26-15-16-30-23-10-6-5-9-22(23)26/h2-14,18,25H,15-17H2,1H3. The van der Waals surface area contributed by atoms with Crippen molar-refractivity contribution in [2.45, 2.75) is 17.9 Å². The Labute approximate surface area is 187 Å². The zero-order valence-electron chi connectivity index (χ0n) is 17.6. The first-order valence-corrected chi connectivity index (χ1v) is 11.7. The molecular formula is C24H24N2O5S. The Bertz CT molecular complexity index is 1180. The third kappa shape index (κ3) is 4.92. The van der Waals surface area contributed by atoms with Crippen molar-refractivity contribution in [2.75, 3.05) is 24.7 Å². The van der Waals surface area contributed by atoms with Crippen LogP contribution >= 0.6 is 0 Å². The molecule has 0 fully saturated rings. The van der Waals surface area contributed by atoms with E-state index in [1.54, 1.807) is 24.0 Å². The largest absolute Gasteiger partial charge is 0.490 e. The van der Waals surface area contributed by atoms with Crippen LogP contribution in [0.3, 0.4) is 0 Å². The van der Waals surface area contributed by atoms with Crippen molar-refractivity contribution >= 4 is 21.6 Å². The van der Waals surface area contributed by atoms with E-state index in [9.17, 15) is 13.2 Å². The van der Waals surface area contributed by atoms with E-state index in [4.69, 9.17) is 9.47 Å². The van der Waals surface area contributed by atoms with E-state index in [0.29, 0.717) is 30.3 Å². The van der Waals surface area contributed by atoms with Gasteiger partial charge in [-0.3, -0.25) is 4.79 Å². The van der Waals surface area contributed by atoms with E-state index in [1.165, 1.54) is 12.1 Å². The van der Waals surface area contributed by atoms with Crippen LogP contribution in [0.1, 0.15) is 18.5 Å². The summed E-state index contributed by atoms with van der Waals surface area (Å²) in [7, 11) is -3.70. The Kier molecular flexibility index (Phi) is 6.43. The van der Waals surface area contributed by atoms with E-state index in [-0.39, 0.29) is 23.5 Å². The molecule has 166 valence electrons. The highest BCUT2D eigenvalue weighted by atomic mass is 32.2. The predicted molar refractivity (Wildman–Crippen MR) is 121 cm³/mol. The van der Waals surface area contributed by atoms with Crippen molar-refractivity contribution < 1.29 is 22.7 Å². The number of nitrogens with one attached hydrogen (secondary N) is 1. The number of amides is 1. The summed E-state index contributed by atoms with van der Waals surface area (Å²) in [6.07, 6.45) is 0. The Morgan fingerprint density at radius 3 is 2.47 bits per heavy atom. The third-order valence-electron chi connectivity index (χ3n) is 5.16. The summed E-state index contributed by atoms with van der Waals surface area (Å²) in [5, 5.41) is 0. The molecule has 7 nitrogen and oxygen atoms in total. The Morgan fingerprint density at radius 2 is 1.72 bits per heavy atom. The fourth-order valence-electron chi connectivity index (χ4n) is 3.48. The van der Waals surface area contributed by atoms with Crippen LogP contribution in [0.15, 0.2) is 83.8 Å². The number of benzene rings is 3. The summed E-state index contributed by atoms with van der Waals surface area (Å²) in [6, 6.07) is 22.3. The fourth-order valence-corrected chi connectivity index (χ4v) is 4.71. The van der Waals surface area contributed by atoms with Gasteiger partial charge in [0.1, 0.15) is 18.1 Å². The predicted octanol–water partition coefficient (Wildman–Crippen LogP) is 3.53. The summed E-state index contributed by atoms with van der Waals surface area (Å²) < 4.78 is 39.2. The lowest BCUT2D eigenvalue weighted by Crippen LogP contribution is -2.40. The molecule has 8 heteroatoms. The smallest absolute Gasteiger partial charge is 0.265 e. The second-order valence-corrected chi connectivity index (χ2v) is 9.09. The number of ether oxygens (including phenoxy) is 2. The fraction of sp³-hybridized carbons (Fsp3) is 0.208. The van der Waals surface area contributed by atoms with E-state index in [1.807, 2.05) is 54.6 Å². The molecule has 4 rings (SSSR count). The lowest BCUT2D eigenvalue weighted by atomic mass is 10.1. The van der Waals surface area contributed by atoms with Gasteiger partial charge in [-0.05, 0) is 48.9 Å². The summed E-state index contributed by atoms with van der Waals surface area (Å²) in [5.41, 5.74) is 1.59. The first kappa shape index (κ1) is 21.9. The molecule has 0 aliphatic carbocycles. The van der Waals surface area contributed by atoms with Gasteiger partial charge in [0.2, 0.25) is 10.0 Å². The maximum absolute atomic E-state index is 12.7. The van der Waals surface area contributed by atoms with Crippen molar-refractivity contribution in [3.05, 3.63) is 84.4 Å². The van der Waals surface area contributed by atoms with Gasteiger partial charge in [-0.25, -0.2) is 13.1 Å². The Hall–Kier alpha value is -3.36. The van der Waals surface area contributed by atoms with Crippen molar-refractivity contribution in [3.8, 4) is 11.5 Å². The van der Waals surface area contributed by atoms with Gasteiger partial charge >= 0.3 is 0 Å². The highest BCUT2D eigenvalue weighted by Gasteiger charge is 2.24. The number of hydrogen-bond donors (Lipinski definition) is 1. The minimum atomic E-state index is -3.70. The van der Waals surface area contributed by atoms with Crippen LogP contribution in [-0.4, -0.2) is 34.1 Å². The number of rotatable bonds is 7. The number of fused-ring (bicyclic) bond motifs is 1. The van der Waals surface area contributed by atoms with Gasteiger partial charge in [-0.15, -0.1) is 0 Å². The number of hydrogen-bond acceptors (Lipinski definition) is 5. The van der Waals surface area contributed by atoms with Gasteiger partial charge in [-0.2, -0.15) is 0 Å². The van der Waals surface area contributed by atoms with Crippen LogP contribution in [0, 0.1) is 0 Å². The molecule has 1 unspecified atom stereocenters. The lowest BCUT2D eigenvalue weighted by molar-refractivity contribution is -0.120. The topological polar surface area (TPSA) is 84.9 Å². The molecule has 32 heavy (non-hydrogen) atoms. The average Bonchev–Trinajstić information content (AvgIpc) is 2.82. The normalized spacial score (nSPS) is 14.2. The molecule has 3 aromatic rings. The minimum absolute atomic E-state index is 0.126. The maximum atomic E-state index is 12.7.